The van der Waals surface area contributed by atoms with Crippen LogP contribution in [0.25, 0.3) is 0 Å². The van der Waals surface area contributed by atoms with Crippen LogP contribution in [0.2, 0.25) is 24.2 Å². The van der Waals surface area contributed by atoms with E-state index >= 15 is 0 Å². The lowest BCUT2D eigenvalue weighted by atomic mass is 10.1. The maximum atomic E-state index is 11.3. The Morgan fingerprint density at radius 3 is 1.79 bits per heavy atom. The normalized spacial score (nSPS) is 13.5. The van der Waals surface area contributed by atoms with E-state index in [-0.39, 0.29) is 0 Å². The van der Waals surface area contributed by atoms with E-state index in [1.165, 1.54) is 10.4 Å². The minimum Gasteiger partial charge on any atom is -0.480 e. The quantitative estimate of drug-likeness (QED) is 0.475. The lowest BCUT2D eigenvalue weighted by Gasteiger charge is -2.38. The average molecular weight is 426 g/mol. The number of hydrogen-bond acceptors (Lipinski definition) is 4. The summed E-state index contributed by atoms with van der Waals surface area (Å²) in [7, 11) is -4.29. The second-order valence-electron chi connectivity index (χ2n) is 7.30. The molecule has 1 rings (SSSR count). The van der Waals surface area contributed by atoms with Crippen LogP contribution < -0.4 is 16.1 Å². The van der Waals surface area contributed by atoms with Crippen LogP contribution in [-0.2, 0) is 20.1 Å². The number of carboxylic acid groups (broad SMARTS) is 1. The fourth-order valence-corrected chi connectivity index (χ4v) is 12.3. The molecule has 0 amide bonds. The zero-order chi connectivity index (χ0) is 21.4. The molecule has 0 aromatic heterocycles. The smallest absolute Gasteiger partial charge is 0.320 e. The number of benzene rings is 1. The number of carboxylic acids is 1. The predicted molar refractivity (Wildman–Crippen MR) is 122 cm³/mol. The van der Waals surface area contributed by atoms with Gasteiger partial charge in [0.25, 0.3) is 0 Å². The summed E-state index contributed by atoms with van der Waals surface area (Å²) in [5, 5.41) is 11.9. The van der Waals surface area contributed by atoms with Gasteiger partial charge < -0.3 is 19.7 Å². The summed E-state index contributed by atoms with van der Waals surface area (Å²) in [4.78, 5) is 11.3. The molecule has 1 aromatic carbocycles. The van der Waals surface area contributed by atoms with Crippen molar-refractivity contribution >= 4 is 33.0 Å². The number of hydrogen-bond donors (Lipinski definition) is 2. The molecule has 1 atom stereocenters. The van der Waals surface area contributed by atoms with Crippen molar-refractivity contribution in [2.75, 3.05) is 13.2 Å². The Balaban J connectivity index is 3.68. The van der Waals surface area contributed by atoms with Crippen LogP contribution in [0.3, 0.4) is 0 Å². The van der Waals surface area contributed by atoms with Crippen LogP contribution in [0.5, 0.6) is 0 Å². The van der Waals surface area contributed by atoms with Gasteiger partial charge in [0.2, 0.25) is 16.6 Å². The highest BCUT2D eigenvalue weighted by molar-refractivity contribution is 6.96. The summed E-state index contributed by atoms with van der Waals surface area (Å²) in [5.41, 5.74) is 6.79. The van der Waals surface area contributed by atoms with Gasteiger partial charge in [-0.05, 0) is 60.4 Å². The lowest BCUT2D eigenvalue weighted by Crippen LogP contribution is -2.65. The summed E-state index contributed by atoms with van der Waals surface area (Å²) in [6.07, 6.45) is 0.327. The van der Waals surface area contributed by atoms with Gasteiger partial charge in [0.15, 0.2) is 0 Å². The van der Waals surface area contributed by atoms with Gasteiger partial charge in [-0.3, -0.25) is 4.79 Å². The summed E-state index contributed by atoms with van der Waals surface area (Å²) in [5.74, 6) is -0.968. The van der Waals surface area contributed by atoms with Gasteiger partial charge in [0, 0.05) is 13.2 Å². The van der Waals surface area contributed by atoms with E-state index in [9.17, 15) is 9.90 Å². The van der Waals surface area contributed by atoms with Crippen molar-refractivity contribution in [3.8, 4) is 0 Å². The van der Waals surface area contributed by atoms with Crippen LogP contribution >= 0.6 is 0 Å². The standard InChI is InChI=1S/C21H39NO4Si2/c1-7-25-27(9-3,10-4)19-14-13-17(15-18(22)21(23)24)16-20(19)28(11-5,12-6)26-8-2/h13-14,16,18H,7-12,15,22H2,1-6H3,(H,23,24). The molecule has 0 aliphatic heterocycles. The molecule has 28 heavy (non-hydrogen) atoms. The van der Waals surface area contributed by atoms with E-state index in [1.807, 2.05) is 6.07 Å². The van der Waals surface area contributed by atoms with E-state index in [0.717, 1.165) is 29.7 Å². The van der Waals surface area contributed by atoms with Gasteiger partial charge in [0.05, 0.1) is 0 Å². The summed E-state index contributed by atoms with van der Waals surface area (Å²) >= 11 is 0. The molecule has 3 N–H and O–H groups in total. The topological polar surface area (TPSA) is 81.8 Å². The Morgan fingerprint density at radius 1 is 0.929 bits per heavy atom. The van der Waals surface area contributed by atoms with Gasteiger partial charge in [-0.1, -0.05) is 45.9 Å². The van der Waals surface area contributed by atoms with Gasteiger partial charge in [0.1, 0.15) is 6.04 Å². The molecule has 7 heteroatoms. The van der Waals surface area contributed by atoms with Crippen molar-refractivity contribution < 1.29 is 18.8 Å². The van der Waals surface area contributed by atoms with E-state index in [1.54, 1.807) is 0 Å². The van der Waals surface area contributed by atoms with E-state index < -0.39 is 28.6 Å². The van der Waals surface area contributed by atoms with Gasteiger partial charge in [-0.15, -0.1) is 0 Å². The first-order valence-electron chi connectivity index (χ1n) is 10.7. The number of carbonyl (C=O) groups is 1. The molecular formula is C21H39NO4Si2. The fourth-order valence-electron chi connectivity index (χ4n) is 4.21. The first kappa shape index (κ1) is 25.0. The first-order chi connectivity index (χ1) is 13.3. The molecule has 1 unspecified atom stereocenters. The zero-order valence-electron chi connectivity index (χ0n) is 18.5. The zero-order valence-corrected chi connectivity index (χ0v) is 20.5. The monoisotopic (exact) mass is 425 g/mol. The second-order valence-corrected chi connectivity index (χ2v) is 15.8. The Labute approximate surface area is 172 Å². The van der Waals surface area contributed by atoms with Crippen molar-refractivity contribution in [1.29, 1.82) is 0 Å². The van der Waals surface area contributed by atoms with Gasteiger partial charge >= 0.3 is 5.97 Å². The Hall–Kier alpha value is -0.996. The molecule has 0 aliphatic carbocycles. The molecule has 160 valence electrons. The van der Waals surface area contributed by atoms with Crippen molar-refractivity contribution in [3.63, 3.8) is 0 Å². The molecule has 1 aromatic rings. The number of aliphatic carboxylic acids is 1. The summed E-state index contributed by atoms with van der Waals surface area (Å²) in [6.45, 7) is 14.4. The molecular weight excluding hydrogens is 386 g/mol. The minimum absolute atomic E-state index is 0.327. The Kier molecular flexibility index (Phi) is 10.1. The maximum Gasteiger partial charge on any atom is 0.320 e. The highest BCUT2D eigenvalue weighted by atomic mass is 28.4. The fraction of sp³-hybridized carbons (Fsp3) is 0.667. The molecule has 5 nitrogen and oxygen atoms in total. The minimum atomic E-state index is -2.18. The van der Waals surface area contributed by atoms with Crippen LogP contribution in [0.15, 0.2) is 18.2 Å². The molecule has 0 radical (unpaired) electrons. The molecule has 0 fully saturated rings. The van der Waals surface area contributed by atoms with Crippen LogP contribution in [0, 0.1) is 0 Å². The third kappa shape index (κ3) is 5.33. The van der Waals surface area contributed by atoms with Crippen molar-refractivity contribution in [2.24, 2.45) is 5.73 Å². The second kappa shape index (κ2) is 11.3. The number of rotatable bonds is 13. The summed E-state index contributed by atoms with van der Waals surface area (Å²) in [6, 6.07) is 9.55. The van der Waals surface area contributed by atoms with E-state index in [4.69, 9.17) is 14.6 Å². The maximum absolute atomic E-state index is 11.3. The Bertz CT molecular complexity index is 631. The Morgan fingerprint density at radius 2 is 1.39 bits per heavy atom. The molecule has 0 saturated carbocycles. The molecule has 0 spiro atoms. The highest BCUT2D eigenvalue weighted by Gasteiger charge is 2.43. The van der Waals surface area contributed by atoms with Gasteiger partial charge in [-0.25, -0.2) is 0 Å². The van der Waals surface area contributed by atoms with Gasteiger partial charge in [-0.2, -0.15) is 0 Å². The first-order valence-corrected chi connectivity index (χ1v) is 15.3. The average Bonchev–Trinajstić information content (AvgIpc) is 2.70. The van der Waals surface area contributed by atoms with E-state index in [0.29, 0.717) is 19.6 Å². The molecule has 0 heterocycles. The summed E-state index contributed by atoms with van der Waals surface area (Å²) < 4.78 is 12.9. The third-order valence-electron chi connectivity index (χ3n) is 5.96. The van der Waals surface area contributed by atoms with Crippen LogP contribution in [0.1, 0.15) is 47.1 Å². The predicted octanol–water partition coefficient (Wildman–Crippen LogP) is 3.10. The third-order valence-corrected chi connectivity index (χ3v) is 15.3. The highest BCUT2D eigenvalue weighted by Crippen LogP contribution is 2.23. The lowest BCUT2D eigenvalue weighted by molar-refractivity contribution is -0.138. The van der Waals surface area contributed by atoms with Crippen molar-refractivity contribution in [2.45, 2.75) is 78.2 Å². The molecule has 0 saturated heterocycles. The van der Waals surface area contributed by atoms with Crippen LogP contribution in [-0.4, -0.2) is 47.0 Å². The van der Waals surface area contributed by atoms with Crippen molar-refractivity contribution in [1.82, 2.24) is 0 Å². The largest absolute Gasteiger partial charge is 0.480 e. The van der Waals surface area contributed by atoms with E-state index in [2.05, 4.69) is 53.7 Å². The SMILES string of the molecule is CCO[Si](CC)(CC)c1ccc(CC(N)C(=O)O)cc1[Si](CC)(CC)OCC. The van der Waals surface area contributed by atoms with Crippen LogP contribution in [0.4, 0.5) is 0 Å². The molecule has 0 bridgehead atoms. The number of nitrogens with two attached hydrogens (primary N) is 1. The van der Waals surface area contributed by atoms with Crippen molar-refractivity contribution in [3.05, 3.63) is 23.8 Å². The molecule has 0 aliphatic rings.